The zero-order valence-corrected chi connectivity index (χ0v) is 18.6. The van der Waals surface area contributed by atoms with Crippen molar-refractivity contribution in [3.8, 4) is 0 Å². The lowest BCUT2D eigenvalue weighted by atomic mass is 10.0. The molecule has 1 aliphatic heterocycles. The molecule has 1 heterocycles. The fourth-order valence-corrected chi connectivity index (χ4v) is 3.96. The van der Waals surface area contributed by atoms with Gasteiger partial charge in [0.25, 0.3) is 5.91 Å². The Kier molecular flexibility index (Phi) is 12.3. The second kappa shape index (κ2) is 15.2. The van der Waals surface area contributed by atoms with Crippen LogP contribution in [-0.4, -0.2) is 12.5 Å². The molecule has 0 atom stereocenters. The van der Waals surface area contributed by atoms with Gasteiger partial charge in [0.05, 0.1) is 11.3 Å². The third kappa shape index (κ3) is 10.0. The molecule has 0 saturated heterocycles. The van der Waals surface area contributed by atoms with Gasteiger partial charge in [0.1, 0.15) is 0 Å². The number of unbranched alkanes of at least 4 members (excludes halogenated alkanes) is 15. The maximum absolute atomic E-state index is 11.6. The first-order valence-electron chi connectivity index (χ1n) is 12.2. The van der Waals surface area contributed by atoms with Crippen LogP contribution in [0.25, 0.3) is 0 Å². The van der Waals surface area contributed by atoms with Gasteiger partial charge in [-0.15, -0.1) is 10.2 Å². The van der Waals surface area contributed by atoms with Crippen LogP contribution in [0.3, 0.4) is 0 Å². The van der Waals surface area contributed by atoms with Gasteiger partial charge in [0, 0.05) is 12.2 Å². The first-order chi connectivity index (χ1) is 14.3. The zero-order valence-electron chi connectivity index (χ0n) is 18.6. The van der Waals surface area contributed by atoms with Crippen molar-refractivity contribution >= 4 is 17.3 Å². The number of rotatable bonds is 18. The summed E-state index contributed by atoms with van der Waals surface area (Å²) in [4.78, 5) is 11.6. The first kappa shape index (κ1) is 23.6. The van der Waals surface area contributed by atoms with Crippen molar-refractivity contribution < 1.29 is 4.79 Å². The minimum Gasteiger partial charge on any atom is -0.385 e. The average Bonchev–Trinajstić information content (AvgIpc) is 3.10. The van der Waals surface area contributed by atoms with E-state index < -0.39 is 0 Å². The molecule has 29 heavy (non-hydrogen) atoms. The van der Waals surface area contributed by atoms with Gasteiger partial charge in [-0.3, -0.25) is 4.79 Å². The number of carbonyl (C=O) groups excluding carboxylic acids is 1. The van der Waals surface area contributed by atoms with Crippen molar-refractivity contribution in [3.63, 3.8) is 0 Å². The minimum absolute atomic E-state index is 0.231. The van der Waals surface area contributed by atoms with Crippen molar-refractivity contribution in [1.82, 2.24) is 0 Å². The summed E-state index contributed by atoms with van der Waals surface area (Å²) in [7, 11) is 0. The van der Waals surface area contributed by atoms with E-state index in [-0.39, 0.29) is 5.91 Å². The second-order valence-corrected chi connectivity index (χ2v) is 8.47. The second-order valence-electron chi connectivity index (χ2n) is 8.47. The number of fused-ring (bicyclic) bond motifs is 1. The minimum atomic E-state index is -0.231. The highest BCUT2D eigenvalue weighted by molar-refractivity contribution is 6.02. The van der Waals surface area contributed by atoms with Crippen LogP contribution in [0.15, 0.2) is 28.4 Å². The lowest BCUT2D eigenvalue weighted by molar-refractivity contribution is 0.100. The molecule has 1 aromatic rings. The summed E-state index contributed by atoms with van der Waals surface area (Å²) < 4.78 is 0. The van der Waals surface area contributed by atoms with E-state index in [1.54, 1.807) is 0 Å². The Bertz CT molecular complexity index is 612. The summed E-state index contributed by atoms with van der Waals surface area (Å²) in [6.45, 7) is 3.24. The summed E-state index contributed by atoms with van der Waals surface area (Å²) in [6.07, 6.45) is 22.3. The SMILES string of the molecule is CCCCCCCCCCCCCCCCCCNc1ccc2c(c1)C(=O)N=N2. The van der Waals surface area contributed by atoms with Crippen LogP contribution < -0.4 is 5.32 Å². The maximum Gasteiger partial charge on any atom is 0.297 e. The van der Waals surface area contributed by atoms with Gasteiger partial charge in [0.15, 0.2) is 0 Å². The Morgan fingerprint density at radius 2 is 1.21 bits per heavy atom. The largest absolute Gasteiger partial charge is 0.385 e. The van der Waals surface area contributed by atoms with E-state index in [0.717, 1.165) is 12.2 Å². The molecule has 4 heteroatoms. The summed E-state index contributed by atoms with van der Waals surface area (Å²) in [5.74, 6) is -0.231. The van der Waals surface area contributed by atoms with E-state index in [2.05, 4.69) is 22.5 Å². The molecule has 0 aromatic heterocycles. The molecule has 0 bridgehead atoms. The average molecular weight is 400 g/mol. The zero-order chi connectivity index (χ0) is 20.6. The van der Waals surface area contributed by atoms with E-state index >= 15 is 0 Å². The molecule has 0 spiro atoms. The van der Waals surface area contributed by atoms with Gasteiger partial charge in [-0.2, -0.15) is 0 Å². The molecule has 0 fully saturated rings. The van der Waals surface area contributed by atoms with Gasteiger partial charge in [-0.1, -0.05) is 103 Å². The molecule has 0 saturated carbocycles. The molecule has 1 amide bonds. The van der Waals surface area contributed by atoms with Crippen molar-refractivity contribution in [2.75, 3.05) is 11.9 Å². The highest BCUT2D eigenvalue weighted by atomic mass is 16.2. The standard InChI is InChI=1S/C25H41N3O/c1-2-3-4-5-6-7-8-9-10-11-12-13-14-15-16-17-20-26-22-18-19-24-23(21-22)25(29)28-27-24/h18-19,21,26H,2-17,20H2,1H3. The molecular formula is C25H41N3O. The lowest BCUT2D eigenvalue weighted by Gasteiger charge is -2.07. The van der Waals surface area contributed by atoms with Crippen LogP contribution >= 0.6 is 0 Å². The van der Waals surface area contributed by atoms with Gasteiger partial charge < -0.3 is 5.32 Å². The van der Waals surface area contributed by atoms with Gasteiger partial charge in [-0.25, -0.2) is 0 Å². The van der Waals surface area contributed by atoms with Crippen molar-refractivity contribution in [3.05, 3.63) is 23.8 Å². The lowest BCUT2D eigenvalue weighted by Crippen LogP contribution is -2.02. The highest BCUT2D eigenvalue weighted by Gasteiger charge is 2.17. The number of amides is 1. The van der Waals surface area contributed by atoms with Gasteiger partial charge in [-0.05, 0) is 24.6 Å². The number of hydrogen-bond acceptors (Lipinski definition) is 3. The Morgan fingerprint density at radius 3 is 1.76 bits per heavy atom. The quantitative estimate of drug-likeness (QED) is 0.251. The monoisotopic (exact) mass is 399 g/mol. The van der Waals surface area contributed by atoms with E-state index in [1.807, 2.05) is 18.2 Å². The Labute approximate surface area is 178 Å². The summed E-state index contributed by atoms with van der Waals surface area (Å²) in [5.41, 5.74) is 2.29. The normalized spacial score (nSPS) is 12.5. The molecule has 1 aliphatic rings. The molecular weight excluding hydrogens is 358 g/mol. The fraction of sp³-hybridized carbons (Fsp3) is 0.720. The molecule has 162 valence electrons. The third-order valence-electron chi connectivity index (χ3n) is 5.83. The number of benzene rings is 1. The first-order valence-corrected chi connectivity index (χ1v) is 12.2. The van der Waals surface area contributed by atoms with E-state index in [9.17, 15) is 4.79 Å². The molecule has 1 N–H and O–H groups in total. The highest BCUT2D eigenvalue weighted by Crippen LogP contribution is 2.29. The Hall–Kier alpha value is -1.71. The van der Waals surface area contributed by atoms with E-state index in [4.69, 9.17) is 0 Å². The number of azo groups is 1. The molecule has 1 aromatic carbocycles. The Balaban J connectivity index is 1.32. The van der Waals surface area contributed by atoms with Crippen LogP contribution in [0.4, 0.5) is 11.4 Å². The summed E-state index contributed by atoms with van der Waals surface area (Å²) in [6, 6.07) is 5.70. The molecule has 4 nitrogen and oxygen atoms in total. The van der Waals surface area contributed by atoms with Gasteiger partial charge in [0.2, 0.25) is 0 Å². The molecule has 0 radical (unpaired) electrons. The van der Waals surface area contributed by atoms with Crippen LogP contribution in [0.5, 0.6) is 0 Å². The summed E-state index contributed by atoms with van der Waals surface area (Å²) >= 11 is 0. The van der Waals surface area contributed by atoms with E-state index in [1.165, 1.54) is 103 Å². The summed E-state index contributed by atoms with van der Waals surface area (Å²) in [5, 5.41) is 10.8. The Morgan fingerprint density at radius 1 is 0.690 bits per heavy atom. The topological polar surface area (TPSA) is 53.8 Å². The molecule has 0 unspecified atom stereocenters. The number of anilines is 1. The van der Waals surface area contributed by atoms with E-state index in [0.29, 0.717) is 11.3 Å². The number of carbonyl (C=O) groups is 1. The van der Waals surface area contributed by atoms with Crippen LogP contribution in [0.2, 0.25) is 0 Å². The molecule has 0 aliphatic carbocycles. The van der Waals surface area contributed by atoms with Crippen molar-refractivity contribution in [1.29, 1.82) is 0 Å². The van der Waals surface area contributed by atoms with Crippen molar-refractivity contribution in [2.24, 2.45) is 10.2 Å². The van der Waals surface area contributed by atoms with Gasteiger partial charge >= 0.3 is 0 Å². The van der Waals surface area contributed by atoms with Crippen LogP contribution in [0, 0.1) is 0 Å². The number of nitrogens with zero attached hydrogens (tertiary/aromatic N) is 2. The van der Waals surface area contributed by atoms with Crippen molar-refractivity contribution in [2.45, 2.75) is 110 Å². The smallest absolute Gasteiger partial charge is 0.297 e. The number of nitrogens with one attached hydrogen (secondary N) is 1. The van der Waals surface area contributed by atoms with Crippen LogP contribution in [-0.2, 0) is 0 Å². The van der Waals surface area contributed by atoms with Crippen LogP contribution in [0.1, 0.15) is 120 Å². The maximum atomic E-state index is 11.6. The predicted octanol–water partition coefficient (Wildman–Crippen LogP) is 8.60. The fourth-order valence-electron chi connectivity index (χ4n) is 3.96. The number of hydrogen-bond donors (Lipinski definition) is 1. The predicted molar refractivity (Wildman–Crippen MR) is 123 cm³/mol. The molecule has 2 rings (SSSR count). The third-order valence-corrected chi connectivity index (χ3v) is 5.83.